The third-order valence-corrected chi connectivity index (χ3v) is 4.69. The van der Waals surface area contributed by atoms with Crippen molar-refractivity contribution in [1.29, 1.82) is 0 Å². The molecule has 0 radical (unpaired) electrons. The van der Waals surface area contributed by atoms with Crippen LogP contribution in [0.25, 0.3) is 22.2 Å². The van der Waals surface area contributed by atoms with E-state index in [9.17, 15) is 9.18 Å². The van der Waals surface area contributed by atoms with Crippen LogP contribution in [0, 0.1) is 5.82 Å². The zero-order chi connectivity index (χ0) is 18.0. The molecule has 3 rings (SSSR count). The fraction of sp³-hybridized carbons (Fsp3) is 0.286. The number of hydrogen-bond acceptors (Lipinski definition) is 1. The van der Waals surface area contributed by atoms with Crippen molar-refractivity contribution >= 4 is 16.8 Å². The first-order valence-corrected chi connectivity index (χ1v) is 8.58. The van der Waals surface area contributed by atoms with Gasteiger partial charge in [0.15, 0.2) is 0 Å². The molecule has 4 heteroatoms. The van der Waals surface area contributed by atoms with Crippen molar-refractivity contribution in [3.8, 4) is 11.3 Å². The van der Waals surface area contributed by atoms with Gasteiger partial charge in [-0.05, 0) is 49.6 Å². The summed E-state index contributed by atoms with van der Waals surface area (Å²) in [5.41, 5.74) is 3.88. The fourth-order valence-electron chi connectivity index (χ4n) is 3.03. The normalized spacial score (nSPS) is 11.2. The van der Waals surface area contributed by atoms with Gasteiger partial charge in [-0.15, -0.1) is 0 Å². The van der Waals surface area contributed by atoms with E-state index in [-0.39, 0.29) is 17.8 Å². The Bertz CT molecular complexity index is 884. The van der Waals surface area contributed by atoms with Gasteiger partial charge in [0.25, 0.3) is 0 Å². The van der Waals surface area contributed by atoms with Gasteiger partial charge in [0.2, 0.25) is 5.91 Å². The lowest BCUT2D eigenvalue weighted by atomic mass is 10.0. The highest BCUT2D eigenvalue weighted by Gasteiger charge is 2.17. The van der Waals surface area contributed by atoms with E-state index in [4.69, 9.17) is 0 Å². The molecule has 0 bridgehead atoms. The minimum Gasteiger partial charge on any atom is -0.354 e. The number of fused-ring (bicyclic) bond motifs is 1. The zero-order valence-electron chi connectivity index (χ0n) is 14.8. The van der Waals surface area contributed by atoms with E-state index in [1.165, 1.54) is 6.07 Å². The molecule has 0 saturated heterocycles. The van der Waals surface area contributed by atoms with Gasteiger partial charge in [-0.2, -0.15) is 0 Å². The molecule has 3 nitrogen and oxygen atoms in total. The second kappa shape index (κ2) is 7.09. The lowest BCUT2D eigenvalue weighted by Gasteiger charge is -2.21. The predicted molar refractivity (Wildman–Crippen MR) is 99.9 cm³/mol. The van der Waals surface area contributed by atoms with Crippen LogP contribution in [-0.2, 0) is 11.2 Å². The third kappa shape index (κ3) is 3.58. The molecule has 1 aromatic heterocycles. The van der Waals surface area contributed by atoms with E-state index in [1.54, 1.807) is 17.0 Å². The van der Waals surface area contributed by atoms with Crippen molar-refractivity contribution in [2.45, 2.75) is 32.7 Å². The minimum absolute atomic E-state index is 0.0970. The van der Waals surface area contributed by atoms with E-state index in [0.717, 1.165) is 27.7 Å². The number of hydrogen-bond donors (Lipinski definition) is 1. The molecule has 1 N–H and O–H groups in total. The topological polar surface area (TPSA) is 36.1 Å². The molecule has 0 aliphatic heterocycles. The van der Waals surface area contributed by atoms with E-state index >= 15 is 0 Å². The standard InChI is InChI=1S/C21H23FN2O/c1-14(2)24(3)20(25)12-10-17-18-13-16(22)9-11-19(18)23-21(17)15-7-5-4-6-8-15/h4-9,11,13-14,23H,10,12H2,1-3H3. The summed E-state index contributed by atoms with van der Waals surface area (Å²) in [5.74, 6) is -0.169. The average Bonchev–Trinajstić information content (AvgIpc) is 2.97. The molecule has 1 amide bonds. The van der Waals surface area contributed by atoms with Crippen molar-refractivity contribution in [3.05, 3.63) is 59.9 Å². The van der Waals surface area contributed by atoms with E-state index in [1.807, 2.05) is 51.2 Å². The summed E-state index contributed by atoms with van der Waals surface area (Å²) in [4.78, 5) is 17.5. The molecule has 0 atom stereocenters. The van der Waals surface area contributed by atoms with Crippen LogP contribution in [0.15, 0.2) is 48.5 Å². The van der Waals surface area contributed by atoms with Crippen molar-refractivity contribution in [3.63, 3.8) is 0 Å². The number of halogens is 1. The highest BCUT2D eigenvalue weighted by Crippen LogP contribution is 2.32. The minimum atomic E-state index is -0.266. The number of benzene rings is 2. The van der Waals surface area contributed by atoms with E-state index in [2.05, 4.69) is 4.98 Å². The maximum Gasteiger partial charge on any atom is 0.222 e. The highest BCUT2D eigenvalue weighted by atomic mass is 19.1. The second-order valence-corrected chi connectivity index (χ2v) is 6.63. The Morgan fingerprint density at radius 1 is 1.16 bits per heavy atom. The highest BCUT2D eigenvalue weighted by molar-refractivity contribution is 5.91. The summed E-state index contributed by atoms with van der Waals surface area (Å²) < 4.78 is 13.8. The number of nitrogens with one attached hydrogen (secondary N) is 1. The number of nitrogens with zero attached hydrogens (tertiary/aromatic N) is 1. The van der Waals surface area contributed by atoms with Crippen molar-refractivity contribution in [1.82, 2.24) is 9.88 Å². The van der Waals surface area contributed by atoms with Crippen molar-refractivity contribution in [2.24, 2.45) is 0 Å². The summed E-state index contributed by atoms with van der Waals surface area (Å²) in [7, 11) is 1.82. The van der Waals surface area contributed by atoms with Crippen LogP contribution < -0.4 is 0 Å². The predicted octanol–water partition coefficient (Wildman–Crippen LogP) is 4.77. The molecule has 130 valence electrons. The van der Waals surface area contributed by atoms with Gasteiger partial charge in [-0.25, -0.2) is 4.39 Å². The maximum atomic E-state index is 13.8. The van der Waals surface area contributed by atoms with Crippen LogP contribution in [0.3, 0.4) is 0 Å². The Balaban J connectivity index is 1.99. The molecule has 0 spiro atoms. The number of amides is 1. The van der Waals surface area contributed by atoms with Gasteiger partial charge in [-0.1, -0.05) is 30.3 Å². The Labute approximate surface area is 147 Å². The number of aryl methyl sites for hydroxylation is 1. The Hall–Kier alpha value is -2.62. The average molecular weight is 338 g/mol. The van der Waals surface area contributed by atoms with Gasteiger partial charge in [0.1, 0.15) is 5.82 Å². The Morgan fingerprint density at radius 3 is 2.56 bits per heavy atom. The van der Waals surface area contributed by atoms with Gasteiger partial charge < -0.3 is 9.88 Å². The van der Waals surface area contributed by atoms with Crippen LogP contribution in [0.5, 0.6) is 0 Å². The van der Waals surface area contributed by atoms with Crippen molar-refractivity contribution < 1.29 is 9.18 Å². The lowest BCUT2D eigenvalue weighted by Crippen LogP contribution is -2.33. The maximum absolute atomic E-state index is 13.8. The van der Waals surface area contributed by atoms with Gasteiger partial charge >= 0.3 is 0 Å². The smallest absolute Gasteiger partial charge is 0.222 e. The largest absolute Gasteiger partial charge is 0.354 e. The Kier molecular flexibility index (Phi) is 4.88. The van der Waals surface area contributed by atoms with Crippen LogP contribution >= 0.6 is 0 Å². The number of carbonyl (C=O) groups excluding carboxylic acids is 1. The molecule has 1 heterocycles. The summed E-state index contributed by atoms with van der Waals surface area (Å²) in [6.07, 6.45) is 0.974. The second-order valence-electron chi connectivity index (χ2n) is 6.63. The first kappa shape index (κ1) is 17.2. The number of carbonyl (C=O) groups is 1. The first-order chi connectivity index (χ1) is 12.0. The third-order valence-electron chi connectivity index (χ3n) is 4.69. The van der Waals surface area contributed by atoms with Crippen LogP contribution in [0.1, 0.15) is 25.8 Å². The summed E-state index contributed by atoms with van der Waals surface area (Å²) in [6, 6.07) is 14.9. The monoisotopic (exact) mass is 338 g/mol. The SMILES string of the molecule is CC(C)N(C)C(=O)CCc1c(-c2ccccc2)[nH]c2ccc(F)cc12. The molecule has 25 heavy (non-hydrogen) atoms. The van der Waals surface area contributed by atoms with E-state index in [0.29, 0.717) is 12.8 Å². The molecule has 0 aliphatic rings. The summed E-state index contributed by atoms with van der Waals surface area (Å²) in [5, 5.41) is 0.846. The number of aromatic amines is 1. The molecular formula is C21H23FN2O. The van der Waals surface area contributed by atoms with Crippen molar-refractivity contribution in [2.75, 3.05) is 7.05 Å². The van der Waals surface area contributed by atoms with Crippen LogP contribution in [0.2, 0.25) is 0 Å². The molecule has 0 unspecified atom stereocenters. The van der Waals surface area contributed by atoms with Gasteiger partial charge in [-0.3, -0.25) is 4.79 Å². The Morgan fingerprint density at radius 2 is 1.88 bits per heavy atom. The molecule has 0 fully saturated rings. The summed E-state index contributed by atoms with van der Waals surface area (Å²) in [6.45, 7) is 3.99. The number of H-pyrrole nitrogens is 1. The van der Waals surface area contributed by atoms with E-state index < -0.39 is 0 Å². The van der Waals surface area contributed by atoms with Gasteiger partial charge in [0, 0.05) is 36.1 Å². The van der Waals surface area contributed by atoms with Crippen LogP contribution in [0.4, 0.5) is 4.39 Å². The molecular weight excluding hydrogens is 315 g/mol. The molecule has 3 aromatic rings. The lowest BCUT2D eigenvalue weighted by molar-refractivity contribution is -0.131. The van der Waals surface area contributed by atoms with Gasteiger partial charge in [0.05, 0.1) is 0 Å². The first-order valence-electron chi connectivity index (χ1n) is 8.58. The summed E-state index contributed by atoms with van der Waals surface area (Å²) >= 11 is 0. The fourth-order valence-corrected chi connectivity index (χ4v) is 3.03. The number of rotatable bonds is 5. The van der Waals surface area contributed by atoms with Crippen LogP contribution in [-0.4, -0.2) is 28.9 Å². The molecule has 2 aromatic carbocycles. The molecule has 0 aliphatic carbocycles. The zero-order valence-corrected chi connectivity index (χ0v) is 14.8. The number of aromatic nitrogens is 1. The quantitative estimate of drug-likeness (QED) is 0.714. The molecule has 0 saturated carbocycles.